The minimum Gasteiger partial charge on any atom is -0.382 e. The van der Waals surface area contributed by atoms with E-state index in [9.17, 15) is 9.59 Å². The summed E-state index contributed by atoms with van der Waals surface area (Å²) >= 11 is 1.12. The largest absolute Gasteiger partial charge is 0.382 e. The highest BCUT2D eigenvalue weighted by Gasteiger charge is 2.19. The van der Waals surface area contributed by atoms with Gasteiger partial charge in [-0.3, -0.25) is 9.59 Å². The number of hydrogen-bond acceptors (Lipinski definition) is 6. The summed E-state index contributed by atoms with van der Waals surface area (Å²) in [6, 6.07) is 0.0185. The molecule has 2 amide bonds. The van der Waals surface area contributed by atoms with Gasteiger partial charge in [0.1, 0.15) is 10.6 Å². The molecule has 0 spiro atoms. The molecule has 0 unspecified atom stereocenters. The zero-order chi connectivity index (χ0) is 15.1. The van der Waals surface area contributed by atoms with Crippen LogP contribution < -0.4 is 21.7 Å². The lowest BCUT2D eigenvalue weighted by molar-refractivity contribution is -0.120. The molecule has 20 heavy (non-hydrogen) atoms. The molecule has 5 N–H and O–H groups in total. The van der Waals surface area contributed by atoms with Crippen molar-refractivity contribution in [2.75, 3.05) is 24.1 Å². The predicted octanol–water partition coefficient (Wildman–Crippen LogP) is 0.802. The number of nitrogens with zero attached hydrogens (tertiary/aromatic N) is 1. The molecule has 0 atom stereocenters. The third-order valence-electron chi connectivity index (χ3n) is 2.38. The van der Waals surface area contributed by atoms with Crippen LogP contribution in [0.5, 0.6) is 0 Å². The number of rotatable bonds is 7. The number of hydrogen-bond donors (Lipinski definition) is 4. The number of carbonyl (C=O) groups excluding carboxylic acids is 2. The highest BCUT2D eigenvalue weighted by Crippen LogP contribution is 2.26. The Labute approximate surface area is 122 Å². The van der Waals surface area contributed by atoms with Gasteiger partial charge in [-0.05, 0) is 32.3 Å². The lowest BCUT2D eigenvalue weighted by atomic mass is 10.2. The van der Waals surface area contributed by atoms with Crippen LogP contribution >= 0.6 is 11.5 Å². The van der Waals surface area contributed by atoms with Gasteiger partial charge in [-0.1, -0.05) is 0 Å². The van der Waals surface area contributed by atoms with Crippen LogP contribution in [0.2, 0.25) is 0 Å². The van der Waals surface area contributed by atoms with Gasteiger partial charge in [0.05, 0.1) is 0 Å². The topological polar surface area (TPSA) is 109 Å². The minimum absolute atomic E-state index is 0.0185. The Morgan fingerprint density at radius 1 is 1.40 bits per heavy atom. The van der Waals surface area contributed by atoms with E-state index >= 15 is 0 Å². The Kier molecular flexibility index (Phi) is 6.23. The SMILES string of the molecule is CCNC(=O)CCNc1snc(N)c1C(=O)NC(C)C. The maximum absolute atomic E-state index is 12.0. The van der Waals surface area contributed by atoms with Gasteiger partial charge in [0.15, 0.2) is 5.82 Å². The van der Waals surface area contributed by atoms with E-state index in [0.717, 1.165) is 11.5 Å². The van der Waals surface area contributed by atoms with Crippen molar-refractivity contribution >= 4 is 34.2 Å². The van der Waals surface area contributed by atoms with Gasteiger partial charge < -0.3 is 21.7 Å². The summed E-state index contributed by atoms with van der Waals surface area (Å²) in [5.74, 6) is -0.0916. The standard InChI is InChI=1S/C12H21N5O2S/c1-4-14-8(18)5-6-15-12-9(10(13)17-20-12)11(19)16-7(2)3/h7,15H,4-6H2,1-3H3,(H2,13,17)(H,14,18)(H,16,19). The van der Waals surface area contributed by atoms with Gasteiger partial charge in [-0.2, -0.15) is 4.37 Å². The van der Waals surface area contributed by atoms with Crippen molar-refractivity contribution in [2.45, 2.75) is 33.2 Å². The van der Waals surface area contributed by atoms with E-state index in [1.54, 1.807) is 0 Å². The number of amides is 2. The molecule has 112 valence electrons. The van der Waals surface area contributed by atoms with Crippen molar-refractivity contribution in [3.05, 3.63) is 5.56 Å². The van der Waals surface area contributed by atoms with Crippen molar-refractivity contribution < 1.29 is 9.59 Å². The Hall–Kier alpha value is -1.83. The summed E-state index contributed by atoms with van der Waals surface area (Å²) in [5, 5.41) is 9.10. The van der Waals surface area contributed by atoms with Crippen LogP contribution in [-0.2, 0) is 4.79 Å². The van der Waals surface area contributed by atoms with Gasteiger partial charge in [0.2, 0.25) is 5.91 Å². The molecule has 0 radical (unpaired) electrons. The van der Waals surface area contributed by atoms with Gasteiger partial charge in [-0.15, -0.1) is 0 Å². The van der Waals surface area contributed by atoms with E-state index in [-0.39, 0.29) is 23.7 Å². The smallest absolute Gasteiger partial charge is 0.258 e. The van der Waals surface area contributed by atoms with E-state index in [2.05, 4.69) is 20.3 Å². The minimum atomic E-state index is -0.258. The van der Waals surface area contributed by atoms with Crippen LogP contribution in [0.1, 0.15) is 37.6 Å². The summed E-state index contributed by atoms with van der Waals surface area (Å²) in [7, 11) is 0. The second-order valence-electron chi connectivity index (χ2n) is 4.53. The Morgan fingerprint density at radius 2 is 2.10 bits per heavy atom. The van der Waals surface area contributed by atoms with Crippen molar-refractivity contribution in [1.82, 2.24) is 15.0 Å². The molecule has 0 fully saturated rings. The van der Waals surface area contributed by atoms with Crippen molar-refractivity contribution in [1.29, 1.82) is 0 Å². The van der Waals surface area contributed by atoms with Crippen LogP contribution in [0.4, 0.5) is 10.8 Å². The van der Waals surface area contributed by atoms with Crippen LogP contribution in [0, 0.1) is 0 Å². The van der Waals surface area contributed by atoms with E-state index in [1.165, 1.54) is 0 Å². The van der Waals surface area contributed by atoms with Crippen molar-refractivity contribution in [3.8, 4) is 0 Å². The quantitative estimate of drug-likeness (QED) is 0.595. The molecule has 0 aliphatic carbocycles. The van der Waals surface area contributed by atoms with Gasteiger partial charge in [0, 0.05) is 25.6 Å². The van der Waals surface area contributed by atoms with Crippen molar-refractivity contribution in [2.24, 2.45) is 0 Å². The number of nitrogens with one attached hydrogen (secondary N) is 3. The van der Waals surface area contributed by atoms with Crippen LogP contribution in [0.3, 0.4) is 0 Å². The normalized spacial score (nSPS) is 10.4. The Bertz CT molecular complexity index is 472. The maximum atomic E-state index is 12.0. The molecule has 0 aromatic carbocycles. The fourth-order valence-electron chi connectivity index (χ4n) is 1.55. The van der Waals surface area contributed by atoms with Gasteiger partial charge in [-0.25, -0.2) is 0 Å². The van der Waals surface area contributed by atoms with Crippen molar-refractivity contribution in [3.63, 3.8) is 0 Å². The molecule has 1 aromatic rings. The molecular weight excluding hydrogens is 278 g/mol. The molecule has 8 heteroatoms. The molecule has 0 saturated heterocycles. The Morgan fingerprint density at radius 3 is 2.70 bits per heavy atom. The fourth-order valence-corrected chi connectivity index (χ4v) is 2.29. The zero-order valence-electron chi connectivity index (χ0n) is 11.9. The Balaban J connectivity index is 2.63. The number of nitrogen functional groups attached to an aromatic ring is 1. The highest BCUT2D eigenvalue weighted by molar-refractivity contribution is 7.11. The summed E-state index contributed by atoms with van der Waals surface area (Å²) in [5.41, 5.74) is 6.06. The monoisotopic (exact) mass is 299 g/mol. The lowest BCUT2D eigenvalue weighted by Crippen LogP contribution is -2.31. The highest BCUT2D eigenvalue weighted by atomic mass is 32.1. The average molecular weight is 299 g/mol. The lowest BCUT2D eigenvalue weighted by Gasteiger charge is -2.10. The molecular formula is C12H21N5O2S. The summed E-state index contributed by atoms with van der Waals surface area (Å²) in [6.07, 6.45) is 0.330. The first kappa shape index (κ1) is 16.2. The fraction of sp³-hybridized carbons (Fsp3) is 0.583. The van der Waals surface area contributed by atoms with Crippen LogP contribution in [0.25, 0.3) is 0 Å². The van der Waals surface area contributed by atoms with Gasteiger partial charge >= 0.3 is 0 Å². The van der Waals surface area contributed by atoms with E-state index in [4.69, 9.17) is 5.73 Å². The summed E-state index contributed by atoms with van der Waals surface area (Å²) in [6.45, 7) is 6.64. The zero-order valence-corrected chi connectivity index (χ0v) is 12.8. The number of aromatic nitrogens is 1. The number of carbonyl (C=O) groups is 2. The first-order valence-electron chi connectivity index (χ1n) is 6.52. The first-order chi connectivity index (χ1) is 9.45. The summed E-state index contributed by atoms with van der Waals surface area (Å²) < 4.78 is 3.97. The summed E-state index contributed by atoms with van der Waals surface area (Å²) in [4.78, 5) is 23.3. The van der Waals surface area contributed by atoms with Gasteiger partial charge in [0.25, 0.3) is 5.91 Å². The van der Waals surface area contributed by atoms with E-state index in [1.807, 2.05) is 20.8 Å². The van der Waals surface area contributed by atoms with Crippen LogP contribution in [0.15, 0.2) is 0 Å². The van der Waals surface area contributed by atoms with E-state index < -0.39 is 0 Å². The molecule has 0 saturated carbocycles. The molecule has 0 aliphatic rings. The molecule has 1 rings (SSSR count). The molecule has 1 aromatic heterocycles. The molecule has 7 nitrogen and oxygen atoms in total. The molecule has 0 aliphatic heterocycles. The molecule has 0 bridgehead atoms. The third kappa shape index (κ3) is 4.69. The second-order valence-corrected chi connectivity index (χ2v) is 5.30. The first-order valence-corrected chi connectivity index (χ1v) is 7.29. The number of nitrogens with two attached hydrogens (primary N) is 1. The van der Waals surface area contributed by atoms with Crippen LogP contribution in [-0.4, -0.2) is 35.3 Å². The number of anilines is 2. The second kappa shape index (κ2) is 7.68. The molecule has 1 heterocycles. The van der Waals surface area contributed by atoms with E-state index in [0.29, 0.717) is 30.1 Å². The maximum Gasteiger partial charge on any atom is 0.258 e. The third-order valence-corrected chi connectivity index (χ3v) is 3.20. The predicted molar refractivity (Wildman–Crippen MR) is 80.9 cm³/mol. The average Bonchev–Trinajstić information content (AvgIpc) is 2.70.